The van der Waals surface area contributed by atoms with Crippen LogP contribution in [0.25, 0.3) is 0 Å². The minimum atomic E-state index is -3.60. The normalized spacial score (nSPS) is 13.5. The molecule has 0 saturated heterocycles. The number of nitrogen functional groups attached to an aromatic ring is 1. The van der Waals surface area contributed by atoms with Gasteiger partial charge in [-0.05, 0) is 38.0 Å². The van der Waals surface area contributed by atoms with Crippen LogP contribution >= 0.6 is 11.6 Å². The summed E-state index contributed by atoms with van der Waals surface area (Å²) in [5.74, 6) is 0. The summed E-state index contributed by atoms with van der Waals surface area (Å²) in [7, 11) is -2.03. The average Bonchev–Trinajstić information content (AvgIpc) is 2.30. The molecular weight excluding hydrogens is 288 g/mol. The van der Waals surface area contributed by atoms with Crippen molar-refractivity contribution in [2.45, 2.75) is 31.2 Å². The molecule has 1 atom stereocenters. The molecule has 0 bridgehead atoms. The van der Waals surface area contributed by atoms with E-state index < -0.39 is 10.0 Å². The number of anilines is 1. The maximum atomic E-state index is 12.2. The van der Waals surface area contributed by atoms with Gasteiger partial charge in [-0.3, -0.25) is 0 Å². The van der Waals surface area contributed by atoms with Gasteiger partial charge in [0.05, 0.1) is 15.6 Å². The Bertz CT molecular complexity index is 546. The molecule has 5 nitrogen and oxygen atoms in total. The van der Waals surface area contributed by atoms with Gasteiger partial charge in [0.1, 0.15) is 0 Å². The summed E-state index contributed by atoms with van der Waals surface area (Å²) in [6, 6.07) is 2.70. The first-order chi connectivity index (χ1) is 8.77. The van der Waals surface area contributed by atoms with Crippen LogP contribution in [0.1, 0.15) is 18.9 Å². The molecule has 19 heavy (non-hydrogen) atoms. The second kappa shape index (κ2) is 6.56. The van der Waals surface area contributed by atoms with E-state index in [1.54, 1.807) is 27.0 Å². The lowest BCUT2D eigenvalue weighted by Crippen LogP contribution is -2.33. The van der Waals surface area contributed by atoms with E-state index in [0.29, 0.717) is 23.6 Å². The highest BCUT2D eigenvalue weighted by molar-refractivity contribution is 7.89. The second-order valence-corrected chi connectivity index (χ2v) is 6.53. The molecule has 7 heteroatoms. The number of rotatable bonds is 6. The van der Waals surface area contributed by atoms with Crippen LogP contribution in [-0.2, 0) is 14.8 Å². The standard InChI is InChI=1S/C12H19ClN2O3S/c1-8-6-10(13)11(14)7-12(8)19(16,17)15-9(2)4-5-18-3/h6-7,9,15H,4-5,14H2,1-3H3. The van der Waals surface area contributed by atoms with Crippen LogP contribution in [0.15, 0.2) is 17.0 Å². The first kappa shape index (κ1) is 16.2. The first-order valence-corrected chi connectivity index (χ1v) is 7.71. The van der Waals surface area contributed by atoms with Crippen molar-refractivity contribution < 1.29 is 13.2 Å². The van der Waals surface area contributed by atoms with E-state index in [4.69, 9.17) is 22.1 Å². The van der Waals surface area contributed by atoms with Gasteiger partial charge >= 0.3 is 0 Å². The minimum absolute atomic E-state index is 0.152. The Balaban J connectivity index is 2.98. The highest BCUT2D eigenvalue weighted by atomic mass is 35.5. The molecule has 0 aromatic heterocycles. The highest BCUT2D eigenvalue weighted by Crippen LogP contribution is 2.26. The molecule has 1 rings (SSSR count). The van der Waals surface area contributed by atoms with Gasteiger partial charge in [0.25, 0.3) is 0 Å². The van der Waals surface area contributed by atoms with Gasteiger partial charge in [-0.15, -0.1) is 0 Å². The van der Waals surface area contributed by atoms with Crippen molar-refractivity contribution in [1.29, 1.82) is 0 Å². The zero-order valence-electron chi connectivity index (χ0n) is 11.2. The summed E-state index contributed by atoms with van der Waals surface area (Å²) in [4.78, 5) is 0.152. The van der Waals surface area contributed by atoms with Crippen LogP contribution in [0.3, 0.4) is 0 Å². The number of nitrogens with two attached hydrogens (primary N) is 1. The summed E-state index contributed by atoms with van der Waals surface area (Å²) in [6.07, 6.45) is 0.595. The number of ether oxygens (including phenoxy) is 1. The van der Waals surface area contributed by atoms with E-state index in [1.165, 1.54) is 6.07 Å². The molecule has 0 radical (unpaired) electrons. The van der Waals surface area contributed by atoms with Crippen LogP contribution in [0.4, 0.5) is 5.69 Å². The van der Waals surface area contributed by atoms with Gasteiger partial charge in [-0.1, -0.05) is 11.6 Å². The van der Waals surface area contributed by atoms with Gasteiger partial charge in [0.2, 0.25) is 10.0 Å². The van der Waals surface area contributed by atoms with Crippen molar-refractivity contribution in [2.24, 2.45) is 0 Å². The number of sulfonamides is 1. The van der Waals surface area contributed by atoms with Crippen LogP contribution < -0.4 is 10.5 Å². The Kier molecular flexibility index (Phi) is 5.61. The minimum Gasteiger partial charge on any atom is -0.397 e. The van der Waals surface area contributed by atoms with Crippen molar-refractivity contribution in [3.05, 3.63) is 22.7 Å². The van der Waals surface area contributed by atoms with E-state index in [1.807, 2.05) is 0 Å². The summed E-state index contributed by atoms with van der Waals surface area (Å²) in [6.45, 7) is 3.95. The molecule has 0 saturated carbocycles. The van der Waals surface area contributed by atoms with Crippen LogP contribution in [0, 0.1) is 6.92 Å². The lowest BCUT2D eigenvalue weighted by molar-refractivity contribution is 0.188. The fourth-order valence-electron chi connectivity index (χ4n) is 1.64. The van der Waals surface area contributed by atoms with Crippen molar-refractivity contribution in [3.63, 3.8) is 0 Å². The number of methoxy groups -OCH3 is 1. The predicted octanol–water partition coefficient (Wildman–Crippen LogP) is 1.93. The molecule has 0 fully saturated rings. The molecule has 0 amide bonds. The molecule has 108 valence electrons. The monoisotopic (exact) mass is 306 g/mol. The quantitative estimate of drug-likeness (QED) is 0.787. The Morgan fingerprint density at radius 3 is 2.68 bits per heavy atom. The van der Waals surface area contributed by atoms with Crippen LogP contribution in [0.2, 0.25) is 5.02 Å². The average molecular weight is 307 g/mol. The van der Waals surface area contributed by atoms with Gasteiger partial charge < -0.3 is 10.5 Å². The lowest BCUT2D eigenvalue weighted by Gasteiger charge is -2.15. The smallest absolute Gasteiger partial charge is 0.241 e. The van der Waals surface area contributed by atoms with Gasteiger partial charge in [0.15, 0.2) is 0 Å². The Labute approximate surface area is 119 Å². The third kappa shape index (κ3) is 4.35. The Hall–Kier alpha value is -0.820. The fourth-order valence-corrected chi connectivity index (χ4v) is 3.40. The van der Waals surface area contributed by atoms with Crippen molar-refractivity contribution in [3.8, 4) is 0 Å². The molecule has 1 aromatic rings. The third-order valence-electron chi connectivity index (χ3n) is 2.70. The van der Waals surface area contributed by atoms with Crippen LogP contribution in [0.5, 0.6) is 0 Å². The lowest BCUT2D eigenvalue weighted by atomic mass is 10.2. The van der Waals surface area contributed by atoms with Gasteiger partial charge in [-0.2, -0.15) is 0 Å². The van der Waals surface area contributed by atoms with Gasteiger partial charge in [-0.25, -0.2) is 13.1 Å². The number of aryl methyl sites for hydroxylation is 1. The van der Waals surface area contributed by atoms with Crippen LogP contribution in [-0.4, -0.2) is 28.2 Å². The van der Waals surface area contributed by atoms with E-state index in [9.17, 15) is 8.42 Å². The maximum absolute atomic E-state index is 12.2. The number of hydrogen-bond donors (Lipinski definition) is 2. The van der Waals surface area contributed by atoms with E-state index in [2.05, 4.69) is 4.72 Å². The molecule has 0 aliphatic rings. The summed E-state index contributed by atoms with van der Waals surface area (Å²) in [5.41, 5.74) is 6.46. The van der Waals surface area contributed by atoms with Crippen molar-refractivity contribution in [2.75, 3.05) is 19.5 Å². The largest absolute Gasteiger partial charge is 0.397 e. The first-order valence-electron chi connectivity index (χ1n) is 5.85. The third-order valence-corrected chi connectivity index (χ3v) is 4.75. The summed E-state index contributed by atoms with van der Waals surface area (Å²) in [5, 5.41) is 0.351. The van der Waals surface area contributed by atoms with E-state index in [0.717, 1.165) is 0 Å². The SMILES string of the molecule is COCCC(C)NS(=O)(=O)c1cc(N)c(Cl)cc1C. The Morgan fingerprint density at radius 1 is 1.47 bits per heavy atom. The van der Waals surface area contributed by atoms with Crippen molar-refractivity contribution >= 4 is 27.3 Å². The molecule has 0 aliphatic heterocycles. The Morgan fingerprint density at radius 2 is 2.11 bits per heavy atom. The number of halogens is 1. The number of nitrogens with one attached hydrogen (secondary N) is 1. The fraction of sp³-hybridized carbons (Fsp3) is 0.500. The van der Waals surface area contributed by atoms with E-state index in [-0.39, 0.29) is 16.6 Å². The van der Waals surface area contributed by atoms with Crippen molar-refractivity contribution in [1.82, 2.24) is 4.72 Å². The zero-order chi connectivity index (χ0) is 14.6. The molecule has 1 aromatic carbocycles. The number of benzene rings is 1. The molecule has 0 heterocycles. The highest BCUT2D eigenvalue weighted by Gasteiger charge is 2.20. The second-order valence-electron chi connectivity index (χ2n) is 4.44. The topological polar surface area (TPSA) is 81.4 Å². The number of hydrogen-bond acceptors (Lipinski definition) is 4. The summed E-state index contributed by atoms with van der Waals surface area (Å²) < 4.78 is 32.0. The molecule has 3 N–H and O–H groups in total. The molecule has 0 aliphatic carbocycles. The van der Waals surface area contributed by atoms with E-state index >= 15 is 0 Å². The maximum Gasteiger partial charge on any atom is 0.241 e. The molecule has 1 unspecified atom stereocenters. The zero-order valence-corrected chi connectivity index (χ0v) is 12.8. The van der Waals surface area contributed by atoms with Gasteiger partial charge in [0, 0.05) is 19.8 Å². The predicted molar refractivity (Wildman–Crippen MR) is 76.9 cm³/mol. The summed E-state index contributed by atoms with van der Waals surface area (Å²) >= 11 is 5.85. The molecule has 0 spiro atoms. The molecular formula is C12H19ClN2O3S.